The maximum Gasteiger partial charge on any atom is 0.344 e. The van der Waals surface area contributed by atoms with Crippen molar-refractivity contribution in [1.82, 2.24) is 0 Å². The van der Waals surface area contributed by atoms with E-state index in [0.29, 0.717) is 22.2 Å². The number of thioether (sulfide) groups is 1. The number of ether oxygens (including phenoxy) is 2. The fraction of sp³-hybridized carbons (Fsp3) is 0.308. The predicted octanol–water partition coefficient (Wildman–Crippen LogP) is 6.12. The summed E-state index contributed by atoms with van der Waals surface area (Å²) in [6.45, 7) is 10.6. The van der Waals surface area contributed by atoms with E-state index in [2.05, 4.69) is 35.9 Å². The average molecular weight is 467 g/mol. The lowest BCUT2D eigenvalue weighted by Gasteiger charge is -2.20. The van der Waals surface area contributed by atoms with Crippen LogP contribution in [0.3, 0.4) is 0 Å². The number of carbonyl (C=O) groups excluding carboxylic acids is 1. The number of nitrogens with zero attached hydrogens (tertiary/aromatic N) is 2. The smallest absolute Gasteiger partial charge is 0.344 e. The Morgan fingerprint density at radius 2 is 1.67 bits per heavy atom. The zero-order valence-electron chi connectivity index (χ0n) is 19.5. The number of carbonyl (C=O) groups is 1. The number of aliphatic imine (C=N–C) groups is 1. The first-order valence-electron chi connectivity index (χ1n) is 11.2. The van der Waals surface area contributed by atoms with Crippen molar-refractivity contribution in [2.24, 2.45) is 4.99 Å². The molecule has 0 unspecified atom stereocenters. The van der Waals surface area contributed by atoms with E-state index in [9.17, 15) is 9.90 Å². The van der Waals surface area contributed by atoms with Crippen LogP contribution >= 0.6 is 11.8 Å². The molecule has 7 heteroatoms. The number of hydrogen-bond donors (Lipinski definition) is 1. The van der Waals surface area contributed by atoms with E-state index in [0.717, 1.165) is 30.1 Å². The Morgan fingerprint density at radius 3 is 2.24 bits per heavy atom. The summed E-state index contributed by atoms with van der Waals surface area (Å²) in [6.07, 6.45) is 1.85. The predicted molar refractivity (Wildman–Crippen MR) is 137 cm³/mol. The zero-order valence-corrected chi connectivity index (χ0v) is 20.3. The second-order valence-electron chi connectivity index (χ2n) is 7.16. The van der Waals surface area contributed by atoms with Gasteiger partial charge in [-0.3, -0.25) is 0 Å². The van der Waals surface area contributed by atoms with E-state index in [1.165, 1.54) is 11.8 Å². The van der Waals surface area contributed by atoms with Crippen LogP contribution in [-0.2, 0) is 9.53 Å². The van der Waals surface area contributed by atoms with Crippen molar-refractivity contribution >= 4 is 40.2 Å². The molecule has 0 saturated heterocycles. The van der Waals surface area contributed by atoms with E-state index < -0.39 is 5.97 Å². The lowest BCUT2D eigenvalue weighted by atomic mass is 10.1. The summed E-state index contributed by atoms with van der Waals surface area (Å²) in [5.41, 5.74) is 2.80. The van der Waals surface area contributed by atoms with Crippen LogP contribution in [0.15, 0.2) is 69.8 Å². The van der Waals surface area contributed by atoms with E-state index in [1.54, 1.807) is 6.92 Å². The summed E-state index contributed by atoms with van der Waals surface area (Å²) in [7, 11) is 0. The lowest BCUT2D eigenvalue weighted by Crippen LogP contribution is -2.21. The molecular weight excluding hydrogens is 436 g/mol. The molecule has 1 N–H and O–H groups in total. The molecule has 3 rings (SSSR count). The van der Waals surface area contributed by atoms with Crippen molar-refractivity contribution in [3.8, 4) is 5.75 Å². The van der Waals surface area contributed by atoms with Gasteiger partial charge in [0.2, 0.25) is 0 Å². The number of aliphatic hydroxyl groups excluding tert-OH is 1. The Labute approximate surface area is 199 Å². The van der Waals surface area contributed by atoms with Crippen LogP contribution in [0, 0.1) is 0 Å². The summed E-state index contributed by atoms with van der Waals surface area (Å²) in [6, 6.07) is 15.4. The number of rotatable bonds is 9. The van der Waals surface area contributed by atoms with Gasteiger partial charge in [0, 0.05) is 18.8 Å². The second-order valence-corrected chi connectivity index (χ2v) is 8.19. The maximum atomic E-state index is 12.6. The van der Waals surface area contributed by atoms with Crippen LogP contribution in [-0.4, -0.2) is 42.4 Å². The van der Waals surface area contributed by atoms with Gasteiger partial charge in [0.1, 0.15) is 22.1 Å². The number of aliphatic hydroxyl groups is 1. The first kappa shape index (κ1) is 24.5. The molecule has 0 aliphatic carbocycles. The Morgan fingerprint density at radius 1 is 1.00 bits per heavy atom. The van der Waals surface area contributed by atoms with Gasteiger partial charge in [0.25, 0.3) is 0 Å². The highest BCUT2D eigenvalue weighted by Crippen LogP contribution is 2.40. The van der Waals surface area contributed by atoms with Crippen LogP contribution in [0.1, 0.15) is 33.3 Å². The Kier molecular flexibility index (Phi) is 8.60. The van der Waals surface area contributed by atoms with Crippen molar-refractivity contribution in [3.05, 3.63) is 70.3 Å². The van der Waals surface area contributed by atoms with Crippen molar-refractivity contribution in [1.29, 1.82) is 0 Å². The average Bonchev–Trinajstić information content (AvgIpc) is 3.12. The van der Waals surface area contributed by atoms with Crippen LogP contribution in [0.5, 0.6) is 5.75 Å². The largest absolute Gasteiger partial charge is 0.506 e. The highest BCUT2D eigenvalue weighted by molar-refractivity contribution is 8.18. The van der Waals surface area contributed by atoms with E-state index in [-0.39, 0.29) is 17.9 Å². The minimum atomic E-state index is -0.590. The quantitative estimate of drug-likeness (QED) is 0.449. The van der Waals surface area contributed by atoms with Gasteiger partial charge in [-0.15, -0.1) is 0 Å². The van der Waals surface area contributed by atoms with Gasteiger partial charge in [-0.2, -0.15) is 0 Å². The fourth-order valence-corrected chi connectivity index (χ4v) is 4.45. The summed E-state index contributed by atoms with van der Waals surface area (Å²) >= 11 is 1.25. The molecule has 0 bridgehead atoms. The number of anilines is 1. The zero-order chi connectivity index (χ0) is 23.8. The van der Waals surface area contributed by atoms with E-state index in [4.69, 9.17) is 9.47 Å². The third-order valence-electron chi connectivity index (χ3n) is 5.07. The molecule has 0 spiro atoms. The molecule has 0 amide bonds. The lowest BCUT2D eigenvalue weighted by molar-refractivity contribution is -0.138. The molecule has 6 nitrogen and oxygen atoms in total. The van der Waals surface area contributed by atoms with Crippen LogP contribution in [0.25, 0.3) is 6.08 Å². The van der Waals surface area contributed by atoms with Gasteiger partial charge in [-0.1, -0.05) is 23.9 Å². The van der Waals surface area contributed by atoms with Crippen molar-refractivity contribution in [3.63, 3.8) is 0 Å². The third kappa shape index (κ3) is 5.99. The van der Waals surface area contributed by atoms with Crippen LogP contribution < -0.4 is 9.64 Å². The van der Waals surface area contributed by atoms with Gasteiger partial charge in [-0.05, 0) is 75.7 Å². The fourth-order valence-electron chi connectivity index (χ4n) is 3.41. The van der Waals surface area contributed by atoms with E-state index in [1.807, 2.05) is 49.4 Å². The third-order valence-corrected chi connectivity index (χ3v) is 6.09. The Hall–Kier alpha value is -3.19. The minimum Gasteiger partial charge on any atom is -0.506 e. The van der Waals surface area contributed by atoms with Gasteiger partial charge < -0.3 is 19.5 Å². The summed E-state index contributed by atoms with van der Waals surface area (Å²) < 4.78 is 10.6. The molecule has 2 aromatic rings. The van der Waals surface area contributed by atoms with Crippen LogP contribution in [0.4, 0.5) is 11.4 Å². The molecule has 0 fully saturated rings. The standard InChI is InChI=1S/C26H30N2O4S/c1-5-28(6-2)20-13-9-18(10-14-20)17-22-24(29)23(26(30)32-8-4)25(33-22)27-19-11-15-21(16-12-19)31-7-3/h9-17,29H,5-8H2,1-4H3/b22-17-,27-25?. The van der Waals surface area contributed by atoms with Crippen molar-refractivity contribution in [2.45, 2.75) is 27.7 Å². The first-order chi connectivity index (χ1) is 16.0. The van der Waals surface area contributed by atoms with E-state index >= 15 is 0 Å². The highest BCUT2D eigenvalue weighted by atomic mass is 32.2. The number of esters is 1. The van der Waals surface area contributed by atoms with Crippen molar-refractivity contribution < 1.29 is 19.4 Å². The van der Waals surface area contributed by atoms with Crippen molar-refractivity contribution in [2.75, 3.05) is 31.2 Å². The maximum absolute atomic E-state index is 12.6. The van der Waals surface area contributed by atoms with Gasteiger partial charge >= 0.3 is 5.97 Å². The molecule has 33 heavy (non-hydrogen) atoms. The summed E-state index contributed by atoms with van der Waals surface area (Å²) in [4.78, 5) is 20.0. The molecular formula is C26H30N2O4S. The minimum absolute atomic E-state index is 0.0849. The van der Waals surface area contributed by atoms with Gasteiger partial charge in [0.05, 0.1) is 23.8 Å². The second kappa shape index (κ2) is 11.6. The highest BCUT2D eigenvalue weighted by Gasteiger charge is 2.33. The molecule has 0 saturated carbocycles. The van der Waals surface area contributed by atoms with Gasteiger partial charge in [-0.25, -0.2) is 9.79 Å². The molecule has 0 atom stereocenters. The Balaban J connectivity index is 1.93. The van der Waals surface area contributed by atoms with Gasteiger partial charge in [0.15, 0.2) is 0 Å². The molecule has 1 aliphatic rings. The van der Waals surface area contributed by atoms with Crippen LogP contribution in [0.2, 0.25) is 0 Å². The molecule has 0 radical (unpaired) electrons. The molecule has 174 valence electrons. The SMILES string of the molecule is CCOC(=O)C1=C(O)/C(=C/c2ccc(N(CC)CC)cc2)SC1=Nc1ccc(OCC)cc1. The molecule has 1 aliphatic heterocycles. The Bertz CT molecular complexity index is 1050. The number of hydrogen-bond acceptors (Lipinski definition) is 7. The summed E-state index contributed by atoms with van der Waals surface area (Å²) in [5, 5.41) is 11.3. The molecule has 0 aromatic heterocycles. The molecule has 1 heterocycles. The first-order valence-corrected chi connectivity index (χ1v) is 12.0. The summed E-state index contributed by atoms with van der Waals surface area (Å²) in [5.74, 6) is 0.0432. The topological polar surface area (TPSA) is 71.4 Å². The molecule has 2 aromatic carbocycles. The number of benzene rings is 2. The monoisotopic (exact) mass is 466 g/mol. The normalized spacial score (nSPS) is 15.9.